The molecule has 0 aliphatic carbocycles. The van der Waals surface area contributed by atoms with Crippen LogP contribution in [-0.4, -0.2) is 60.0 Å². The number of amides is 3. The number of hydrogen-bond donors (Lipinski definition) is 2. The second kappa shape index (κ2) is 8.79. The van der Waals surface area contributed by atoms with Crippen LogP contribution in [0.25, 0.3) is 0 Å². The molecule has 12 heteroatoms. The Morgan fingerprint density at radius 3 is 2.30 bits per heavy atom. The number of benzene rings is 2. The summed E-state index contributed by atoms with van der Waals surface area (Å²) in [5.74, 6) is -0.560. The zero-order valence-corrected chi connectivity index (χ0v) is 19.1. The van der Waals surface area contributed by atoms with Crippen LogP contribution in [0.3, 0.4) is 0 Å². The smallest absolute Gasteiger partial charge is 0.325 e. The number of hydrogen-bond acceptors (Lipinski definition) is 7. The first-order chi connectivity index (χ1) is 15.3. The summed E-state index contributed by atoms with van der Waals surface area (Å²) in [4.78, 5) is 35.5. The summed E-state index contributed by atoms with van der Waals surface area (Å²) in [7, 11) is -4.49. The number of nitro benzene ring substituents is 1. The number of aryl methyl sites for hydroxylation is 1. The Morgan fingerprint density at radius 1 is 1.15 bits per heavy atom. The SMILES string of the molecule is Cc1ccc(N(CC(O)CN2C(=O)NC(C)(C)C2=O)S(=O)(=O)c2ccccc2[N+](=O)[O-])cc1. The third-order valence-corrected chi connectivity index (χ3v) is 7.01. The minimum atomic E-state index is -4.49. The summed E-state index contributed by atoms with van der Waals surface area (Å²) in [6.45, 7) is 3.82. The number of nitrogens with zero attached hydrogens (tertiary/aromatic N) is 3. The van der Waals surface area contributed by atoms with Crippen LogP contribution < -0.4 is 9.62 Å². The van der Waals surface area contributed by atoms with E-state index in [2.05, 4.69) is 5.32 Å². The molecule has 11 nitrogen and oxygen atoms in total. The standard InChI is InChI=1S/C21H24N4O7S/c1-14-8-10-15(11-9-14)24(33(31,32)18-7-5-4-6-17(18)25(29)30)13-16(26)12-23-19(27)21(2,3)22-20(23)28/h4-11,16,26H,12-13H2,1-3H3,(H,22,28). The molecule has 0 saturated carbocycles. The van der Waals surface area contributed by atoms with Gasteiger partial charge in [-0.3, -0.25) is 24.1 Å². The van der Waals surface area contributed by atoms with Gasteiger partial charge in [-0.25, -0.2) is 13.2 Å². The Kier molecular flexibility index (Phi) is 6.43. The molecule has 1 fully saturated rings. The summed E-state index contributed by atoms with van der Waals surface area (Å²) >= 11 is 0. The highest BCUT2D eigenvalue weighted by molar-refractivity contribution is 7.93. The van der Waals surface area contributed by atoms with Gasteiger partial charge in [0.1, 0.15) is 5.54 Å². The largest absolute Gasteiger partial charge is 0.389 e. The molecule has 2 aromatic carbocycles. The van der Waals surface area contributed by atoms with Gasteiger partial charge in [-0.1, -0.05) is 29.8 Å². The highest BCUT2D eigenvalue weighted by Gasteiger charge is 2.45. The van der Waals surface area contributed by atoms with Crippen LogP contribution in [0.15, 0.2) is 53.4 Å². The van der Waals surface area contributed by atoms with E-state index in [-0.39, 0.29) is 5.69 Å². The van der Waals surface area contributed by atoms with Crippen molar-refractivity contribution in [3.8, 4) is 0 Å². The molecule has 33 heavy (non-hydrogen) atoms. The number of carbonyl (C=O) groups excluding carboxylic acids is 2. The molecular weight excluding hydrogens is 452 g/mol. The normalized spacial score (nSPS) is 16.4. The molecule has 1 aliphatic rings. The third kappa shape index (κ3) is 4.81. The van der Waals surface area contributed by atoms with Crippen LogP contribution >= 0.6 is 0 Å². The number of para-hydroxylation sites is 1. The number of urea groups is 1. The van der Waals surface area contributed by atoms with E-state index in [0.29, 0.717) is 0 Å². The number of aliphatic hydroxyl groups excluding tert-OH is 1. The predicted molar refractivity (Wildman–Crippen MR) is 119 cm³/mol. The second-order valence-corrected chi connectivity index (χ2v) is 10.1. The first-order valence-electron chi connectivity index (χ1n) is 9.99. The zero-order valence-electron chi connectivity index (χ0n) is 18.3. The molecule has 0 spiro atoms. The Morgan fingerprint density at radius 2 is 1.76 bits per heavy atom. The van der Waals surface area contributed by atoms with Gasteiger partial charge in [0, 0.05) is 6.07 Å². The number of nitrogens with one attached hydrogen (secondary N) is 1. The van der Waals surface area contributed by atoms with Gasteiger partial charge in [-0.05, 0) is 39.0 Å². The van der Waals surface area contributed by atoms with Gasteiger partial charge in [0.05, 0.1) is 29.8 Å². The predicted octanol–water partition coefficient (Wildman–Crippen LogP) is 1.79. The maximum atomic E-state index is 13.5. The molecule has 2 aromatic rings. The first-order valence-corrected chi connectivity index (χ1v) is 11.4. The van der Waals surface area contributed by atoms with Gasteiger partial charge < -0.3 is 10.4 Å². The molecule has 2 N–H and O–H groups in total. The fourth-order valence-electron chi connectivity index (χ4n) is 3.44. The van der Waals surface area contributed by atoms with Crippen LogP contribution in [0.4, 0.5) is 16.2 Å². The summed E-state index contributed by atoms with van der Waals surface area (Å²) in [6.07, 6.45) is -1.47. The number of nitro groups is 1. The highest BCUT2D eigenvalue weighted by atomic mass is 32.2. The summed E-state index contributed by atoms with van der Waals surface area (Å²) in [5.41, 5.74) is -0.747. The fraction of sp³-hybridized carbons (Fsp3) is 0.333. The topological polar surface area (TPSA) is 150 Å². The van der Waals surface area contributed by atoms with Crippen LogP contribution in [0.5, 0.6) is 0 Å². The Labute approximate surface area is 190 Å². The van der Waals surface area contributed by atoms with E-state index in [0.717, 1.165) is 26.9 Å². The first kappa shape index (κ1) is 24.1. The molecule has 3 amide bonds. The van der Waals surface area contributed by atoms with Crippen LogP contribution in [-0.2, 0) is 14.8 Å². The zero-order chi connectivity index (χ0) is 24.6. The molecule has 1 atom stereocenters. The van der Waals surface area contributed by atoms with E-state index in [4.69, 9.17) is 0 Å². The molecule has 1 aliphatic heterocycles. The number of carbonyl (C=O) groups is 2. The number of imide groups is 1. The minimum Gasteiger partial charge on any atom is -0.389 e. The van der Waals surface area contributed by atoms with Crippen molar-refractivity contribution in [2.24, 2.45) is 0 Å². The average Bonchev–Trinajstić information content (AvgIpc) is 2.94. The fourth-order valence-corrected chi connectivity index (χ4v) is 5.10. The van der Waals surface area contributed by atoms with Crippen molar-refractivity contribution in [2.75, 3.05) is 17.4 Å². The van der Waals surface area contributed by atoms with Crippen LogP contribution in [0.2, 0.25) is 0 Å². The molecule has 0 aromatic heterocycles. The van der Waals surface area contributed by atoms with E-state index < -0.39 is 62.2 Å². The number of aliphatic hydroxyl groups is 1. The number of sulfonamides is 1. The van der Waals surface area contributed by atoms with Gasteiger partial charge in [0.2, 0.25) is 0 Å². The van der Waals surface area contributed by atoms with E-state index in [1.807, 2.05) is 0 Å². The molecule has 0 radical (unpaired) electrons. The van der Waals surface area contributed by atoms with Crippen molar-refractivity contribution >= 4 is 33.3 Å². The Balaban J connectivity index is 1.98. The number of β-amino-alcohol motifs (C(OH)–C–C–N with tert-alkyl or cyclic N) is 1. The van der Waals surface area contributed by atoms with Crippen molar-refractivity contribution in [3.63, 3.8) is 0 Å². The molecule has 176 valence electrons. The quantitative estimate of drug-likeness (QED) is 0.335. The van der Waals surface area contributed by atoms with Gasteiger partial charge in [-0.2, -0.15) is 0 Å². The average molecular weight is 477 g/mol. The number of anilines is 1. The van der Waals surface area contributed by atoms with Gasteiger partial charge in [-0.15, -0.1) is 0 Å². The summed E-state index contributed by atoms with van der Waals surface area (Å²) in [5, 5.41) is 24.6. The maximum absolute atomic E-state index is 13.5. The molecule has 3 rings (SSSR count). The number of rotatable bonds is 8. The van der Waals surface area contributed by atoms with E-state index in [1.54, 1.807) is 19.1 Å². The van der Waals surface area contributed by atoms with Gasteiger partial charge >= 0.3 is 6.03 Å². The lowest BCUT2D eigenvalue weighted by Crippen LogP contribution is -2.45. The van der Waals surface area contributed by atoms with E-state index in [9.17, 15) is 33.2 Å². The molecule has 1 heterocycles. The highest BCUT2D eigenvalue weighted by Crippen LogP contribution is 2.30. The van der Waals surface area contributed by atoms with Crippen molar-refractivity contribution < 1.29 is 28.0 Å². The molecule has 1 unspecified atom stereocenters. The van der Waals surface area contributed by atoms with E-state index in [1.165, 1.54) is 38.1 Å². The van der Waals surface area contributed by atoms with Gasteiger partial charge in [0.15, 0.2) is 4.90 Å². The summed E-state index contributed by atoms with van der Waals surface area (Å²) in [6, 6.07) is 10.5. The maximum Gasteiger partial charge on any atom is 0.325 e. The second-order valence-electron chi connectivity index (χ2n) is 8.22. The van der Waals surface area contributed by atoms with Crippen LogP contribution in [0.1, 0.15) is 19.4 Å². The Hall–Kier alpha value is -3.51. The van der Waals surface area contributed by atoms with Crippen molar-refractivity contribution in [1.82, 2.24) is 10.2 Å². The lowest BCUT2D eigenvalue weighted by Gasteiger charge is -2.28. The lowest BCUT2D eigenvalue weighted by molar-refractivity contribution is -0.387. The Bertz CT molecular complexity index is 1200. The van der Waals surface area contributed by atoms with Crippen molar-refractivity contribution in [1.29, 1.82) is 0 Å². The minimum absolute atomic E-state index is 0.162. The molecular formula is C21H24N4O7S. The van der Waals surface area contributed by atoms with Crippen molar-refractivity contribution in [2.45, 2.75) is 37.3 Å². The third-order valence-electron chi connectivity index (χ3n) is 5.17. The van der Waals surface area contributed by atoms with E-state index >= 15 is 0 Å². The molecule has 0 bridgehead atoms. The monoisotopic (exact) mass is 476 g/mol. The lowest BCUT2D eigenvalue weighted by atomic mass is 10.1. The van der Waals surface area contributed by atoms with Crippen LogP contribution in [0, 0.1) is 17.0 Å². The molecule has 1 saturated heterocycles. The van der Waals surface area contributed by atoms with Gasteiger partial charge in [0.25, 0.3) is 21.6 Å². The van der Waals surface area contributed by atoms with Crippen molar-refractivity contribution in [3.05, 3.63) is 64.2 Å². The summed E-state index contributed by atoms with van der Waals surface area (Å²) < 4.78 is 27.8.